The van der Waals surface area contributed by atoms with Crippen LogP contribution in [0.1, 0.15) is 51.1 Å². The number of allylic oxidation sites excluding steroid dienone is 1. The third-order valence-electron chi connectivity index (χ3n) is 5.61. The van der Waals surface area contributed by atoms with Gasteiger partial charge < -0.3 is 15.4 Å². The lowest BCUT2D eigenvalue weighted by Gasteiger charge is -2.29. The molecule has 0 saturated carbocycles. The number of halogens is 1. The minimum Gasteiger partial charge on any atom is -0.493 e. The summed E-state index contributed by atoms with van der Waals surface area (Å²) in [6.45, 7) is 4.69. The SMILES string of the molecule is CCCCCCOc1ccccc1[C@H]1C(C(=O)Nc2ccc(Cl)cc2)=C(C)Nc2ncnn21. The van der Waals surface area contributed by atoms with E-state index in [9.17, 15) is 4.79 Å². The molecular formula is C25H28ClN5O2. The van der Waals surface area contributed by atoms with Gasteiger partial charge in [0.1, 0.15) is 18.1 Å². The fraction of sp³-hybridized carbons (Fsp3) is 0.320. The predicted octanol–water partition coefficient (Wildman–Crippen LogP) is 5.82. The number of aromatic nitrogens is 3. The largest absolute Gasteiger partial charge is 0.493 e. The van der Waals surface area contributed by atoms with Crippen LogP contribution in [-0.2, 0) is 4.79 Å². The van der Waals surface area contributed by atoms with Crippen molar-refractivity contribution in [3.63, 3.8) is 0 Å². The Morgan fingerprint density at radius 1 is 1.15 bits per heavy atom. The van der Waals surface area contributed by atoms with E-state index in [2.05, 4.69) is 27.6 Å². The number of rotatable bonds is 9. The molecule has 33 heavy (non-hydrogen) atoms. The lowest BCUT2D eigenvalue weighted by atomic mass is 9.94. The zero-order valence-electron chi connectivity index (χ0n) is 18.8. The summed E-state index contributed by atoms with van der Waals surface area (Å²) in [5.74, 6) is 1.09. The van der Waals surface area contributed by atoms with Gasteiger partial charge in [0, 0.05) is 22.0 Å². The maximum Gasteiger partial charge on any atom is 0.255 e. The maximum atomic E-state index is 13.5. The topological polar surface area (TPSA) is 81.1 Å². The van der Waals surface area contributed by atoms with Crippen LogP contribution in [0.4, 0.5) is 11.6 Å². The van der Waals surface area contributed by atoms with Gasteiger partial charge in [0.2, 0.25) is 5.95 Å². The Morgan fingerprint density at radius 3 is 2.73 bits per heavy atom. The quantitative estimate of drug-likeness (QED) is 0.389. The summed E-state index contributed by atoms with van der Waals surface area (Å²) in [6, 6.07) is 14.4. The highest BCUT2D eigenvalue weighted by Crippen LogP contribution is 2.39. The molecule has 1 amide bonds. The number of amides is 1. The van der Waals surface area contributed by atoms with Crippen LogP contribution in [0.25, 0.3) is 0 Å². The van der Waals surface area contributed by atoms with Gasteiger partial charge in [-0.3, -0.25) is 4.79 Å². The zero-order chi connectivity index (χ0) is 23.2. The summed E-state index contributed by atoms with van der Waals surface area (Å²) in [7, 11) is 0. The predicted molar refractivity (Wildman–Crippen MR) is 131 cm³/mol. The van der Waals surface area contributed by atoms with Gasteiger partial charge in [-0.1, -0.05) is 56.0 Å². The highest BCUT2D eigenvalue weighted by atomic mass is 35.5. The standard InChI is InChI=1S/C25H28ClN5O2/c1-3-4-5-8-15-33-21-10-7-6-9-20(21)23-22(17(2)29-25-27-16-28-31(23)25)24(32)30-19-13-11-18(26)12-14-19/h6-7,9-14,16,23H,3-5,8,15H2,1-2H3,(H,30,32)(H,27,28,29)/t23-/m0/s1. The van der Waals surface area contributed by atoms with Crippen LogP contribution in [0.2, 0.25) is 5.02 Å². The van der Waals surface area contributed by atoms with Gasteiger partial charge >= 0.3 is 0 Å². The molecular weight excluding hydrogens is 438 g/mol. The Labute approximate surface area is 198 Å². The second-order valence-electron chi connectivity index (χ2n) is 8.00. The molecule has 8 heteroatoms. The molecule has 7 nitrogen and oxygen atoms in total. The molecule has 0 spiro atoms. The molecule has 2 N–H and O–H groups in total. The molecule has 0 fully saturated rings. The second kappa shape index (κ2) is 10.5. The van der Waals surface area contributed by atoms with Crippen molar-refractivity contribution in [2.45, 2.75) is 45.6 Å². The highest BCUT2D eigenvalue weighted by Gasteiger charge is 2.35. The number of carbonyl (C=O) groups excluding carboxylic acids is 1. The Morgan fingerprint density at radius 2 is 1.94 bits per heavy atom. The van der Waals surface area contributed by atoms with Crippen LogP contribution in [0.3, 0.4) is 0 Å². The van der Waals surface area contributed by atoms with Crippen molar-refractivity contribution in [2.24, 2.45) is 0 Å². The van der Waals surface area contributed by atoms with Crippen molar-refractivity contribution in [2.75, 3.05) is 17.2 Å². The lowest BCUT2D eigenvalue weighted by molar-refractivity contribution is -0.113. The van der Waals surface area contributed by atoms with Crippen LogP contribution < -0.4 is 15.4 Å². The van der Waals surface area contributed by atoms with Crippen LogP contribution in [0.15, 0.2) is 66.1 Å². The number of para-hydroxylation sites is 1. The van der Waals surface area contributed by atoms with E-state index in [0.717, 1.165) is 24.2 Å². The summed E-state index contributed by atoms with van der Waals surface area (Å²) in [5.41, 5.74) is 2.78. The van der Waals surface area contributed by atoms with Gasteiger partial charge in [0.25, 0.3) is 5.91 Å². The number of anilines is 2. The van der Waals surface area contributed by atoms with Gasteiger partial charge in [-0.25, -0.2) is 4.68 Å². The summed E-state index contributed by atoms with van der Waals surface area (Å²) in [6.07, 6.45) is 5.97. The molecule has 1 aromatic heterocycles. The number of unbranched alkanes of at least 4 members (excludes halogenated alkanes) is 3. The van der Waals surface area contributed by atoms with E-state index in [1.807, 2.05) is 31.2 Å². The molecule has 0 aliphatic carbocycles. The Bertz CT molecular complexity index is 1140. The van der Waals surface area contributed by atoms with Crippen molar-refractivity contribution in [1.29, 1.82) is 0 Å². The van der Waals surface area contributed by atoms with Gasteiger partial charge in [-0.15, -0.1) is 0 Å². The van der Waals surface area contributed by atoms with Gasteiger partial charge in [-0.05, 0) is 43.7 Å². The van der Waals surface area contributed by atoms with E-state index in [0.29, 0.717) is 34.5 Å². The van der Waals surface area contributed by atoms with E-state index < -0.39 is 6.04 Å². The number of fused-ring (bicyclic) bond motifs is 1. The third-order valence-corrected chi connectivity index (χ3v) is 5.86. The molecule has 1 atom stereocenters. The van der Waals surface area contributed by atoms with Crippen molar-refractivity contribution in [1.82, 2.24) is 14.8 Å². The summed E-state index contributed by atoms with van der Waals surface area (Å²) in [5, 5.41) is 11.2. The van der Waals surface area contributed by atoms with Crippen LogP contribution >= 0.6 is 11.6 Å². The lowest BCUT2D eigenvalue weighted by Crippen LogP contribution is -2.31. The monoisotopic (exact) mass is 465 g/mol. The van der Waals surface area contributed by atoms with Crippen LogP contribution in [-0.4, -0.2) is 27.3 Å². The summed E-state index contributed by atoms with van der Waals surface area (Å²) in [4.78, 5) is 17.8. The van der Waals surface area contributed by atoms with Crippen molar-refractivity contribution >= 4 is 29.1 Å². The van der Waals surface area contributed by atoms with E-state index in [1.54, 1.807) is 28.9 Å². The molecule has 4 rings (SSSR count). The first-order valence-electron chi connectivity index (χ1n) is 11.2. The number of ether oxygens (including phenoxy) is 1. The second-order valence-corrected chi connectivity index (χ2v) is 8.44. The molecule has 2 heterocycles. The number of hydrogen-bond donors (Lipinski definition) is 2. The molecule has 2 aromatic carbocycles. The number of nitrogens with zero attached hydrogens (tertiary/aromatic N) is 3. The number of hydrogen-bond acceptors (Lipinski definition) is 5. The summed E-state index contributed by atoms with van der Waals surface area (Å²) < 4.78 is 7.90. The van der Waals surface area contributed by atoms with Crippen LogP contribution in [0.5, 0.6) is 5.75 Å². The minimum atomic E-state index is -0.483. The van der Waals surface area contributed by atoms with Crippen LogP contribution in [0, 0.1) is 0 Å². The number of benzene rings is 2. The van der Waals surface area contributed by atoms with Gasteiger partial charge in [0.15, 0.2) is 0 Å². The van der Waals surface area contributed by atoms with E-state index >= 15 is 0 Å². The third kappa shape index (κ3) is 5.20. The van der Waals surface area contributed by atoms with E-state index in [-0.39, 0.29) is 5.91 Å². The highest BCUT2D eigenvalue weighted by molar-refractivity contribution is 6.30. The fourth-order valence-corrected chi connectivity index (χ4v) is 4.08. The van der Waals surface area contributed by atoms with E-state index in [4.69, 9.17) is 16.3 Å². The summed E-state index contributed by atoms with van der Waals surface area (Å²) >= 11 is 5.99. The van der Waals surface area contributed by atoms with Gasteiger partial charge in [0.05, 0.1) is 12.2 Å². The smallest absolute Gasteiger partial charge is 0.255 e. The molecule has 3 aromatic rings. The zero-order valence-corrected chi connectivity index (χ0v) is 19.6. The first-order valence-corrected chi connectivity index (χ1v) is 11.6. The molecule has 0 bridgehead atoms. The molecule has 0 saturated heterocycles. The van der Waals surface area contributed by atoms with Gasteiger partial charge in [-0.2, -0.15) is 10.1 Å². The first kappa shape index (κ1) is 22.9. The Kier molecular flexibility index (Phi) is 7.29. The Hall–Kier alpha value is -3.32. The number of carbonyl (C=O) groups is 1. The average Bonchev–Trinajstić information content (AvgIpc) is 3.28. The maximum absolute atomic E-state index is 13.5. The molecule has 172 valence electrons. The first-order chi connectivity index (χ1) is 16.1. The van der Waals surface area contributed by atoms with E-state index in [1.165, 1.54) is 19.2 Å². The fourth-order valence-electron chi connectivity index (χ4n) is 3.95. The minimum absolute atomic E-state index is 0.230. The van der Waals surface area contributed by atoms with Crippen molar-refractivity contribution < 1.29 is 9.53 Å². The van der Waals surface area contributed by atoms with Crippen molar-refractivity contribution in [3.8, 4) is 5.75 Å². The Balaban J connectivity index is 1.66. The van der Waals surface area contributed by atoms with Crippen molar-refractivity contribution in [3.05, 3.63) is 76.7 Å². The molecule has 1 aliphatic heterocycles. The normalized spacial score (nSPS) is 15.1. The number of nitrogens with one attached hydrogen (secondary N) is 2. The molecule has 1 aliphatic rings. The molecule has 0 unspecified atom stereocenters. The molecule has 0 radical (unpaired) electrons. The average molecular weight is 466 g/mol.